The molecular formula is C14H15F4NO3. The van der Waals surface area contributed by atoms with Gasteiger partial charge < -0.3 is 9.84 Å². The van der Waals surface area contributed by atoms with E-state index in [1.165, 1.54) is 12.0 Å². The summed E-state index contributed by atoms with van der Waals surface area (Å²) in [6, 6.07) is 1.59. The fourth-order valence-electron chi connectivity index (χ4n) is 2.60. The highest BCUT2D eigenvalue weighted by Gasteiger charge is 2.39. The smallest absolute Gasteiger partial charge is 0.416 e. The van der Waals surface area contributed by atoms with Crippen molar-refractivity contribution in [1.29, 1.82) is 0 Å². The van der Waals surface area contributed by atoms with Gasteiger partial charge in [0.05, 0.1) is 18.8 Å². The van der Waals surface area contributed by atoms with E-state index in [-0.39, 0.29) is 25.1 Å². The van der Waals surface area contributed by atoms with Crippen molar-refractivity contribution in [3.8, 4) is 0 Å². The van der Waals surface area contributed by atoms with Crippen molar-refractivity contribution >= 4 is 5.97 Å². The van der Waals surface area contributed by atoms with Crippen LogP contribution in [0.3, 0.4) is 0 Å². The van der Waals surface area contributed by atoms with Gasteiger partial charge in [0.2, 0.25) is 0 Å². The molecule has 0 saturated carbocycles. The molecule has 1 aromatic rings. The molecule has 0 spiro atoms. The number of halogens is 4. The predicted octanol–water partition coefficient (Wildman–Crippen LogP) is 1.95. The number of hydrogen-bond donors (Lipinski definition) is 1. The molecule has 0 aromatic heterocycles. The molecule has 1 aliphatic rings. The molecular weight excluding hydrogens is 306 g/mol. The Morgan fingerprint density at radius 1 is 1.45 bits per heavy atom. The standard InChI is InChI=1S/C14H15F4NO3/c1-22-13(21)12-5-10(20)7-19(12)6-8-2-3-9(15)4-11(8)14(16,17)18/h2-4,10,12,20H,5-7H2,1H3/t10-,12+/m0/s1. The fraction of sp³-hybridized carbons (Fsp3) is 0.500. The molecule has 0 aliphatic carbocycles. The van der Waals surface area contributed by atoms with E-state index in [1.807, 2.05) is 0 Å². The maximum atomic E-state index is 13.1. The first-order valence-electron chi connectivity index (χ1n) is 6.58. The number of aliphatic hydroxyl groups is 1. The third-order valence-electron chi connectivity index (χ3n) is 3.61. The van der Waals surface area contributed by atoms with Crippen LogP contribution < -0.4 is 0 Å². The lowest BCUT2D eigenvalue weighted by molar-refractivity contribution is -0.146. The van der Waals surface area contributed by atoms with E-state index < -0.39 is 35.7 Å². The number of β-amino-alcohol motifs (C(OH)–C–C–N with tert-alkyl or cyclic N) is 1. The van der Waals surface area contributed by atoms with Crippen molar-refractivity contribution in [2.24, 2.45) is 0 Å². The van der Waals surface area contributed by atoms with Gasteiger partial charge in [-0.2, -0.15) is 13.2 Å². The molecule has 1 fully saturated rings. The fourth-order valence-corrected chi connectivity index (χ4v) is 2.60. The normalized spacial score (nSPS) is 22.8. The van der Waals surface area contributed by atoms with Crippen LogP contribution in [0, 0.1) is 5.82 Å². The minimum Gasteiger partial charge on any atom is -0.468 e. The molecule has 8 heteroatoms. The Morgan fingerprint density at radius 3 is 2.73 bits per heavy atom. The molecule has 2 rings (SSSR count). The molecule has 0 bridgehead atoms. The molecule has 1 aliphatic heterocycles. The lowest BCUT2D eigenvalue weighted by atomic mass is 10.1. The van der Waals surface area contributed by atoms with E-state index in [2.05, 4.69) is 4.74 Å². The van der Waals surface area contributed by atoms with Gasteiger partial charge in [-0.3, -0.25) is 9.69 Å². The molecule has 22 heavy (non-hydrogen) atoms. The van der Waals surface area contributed by atoms with Crippen LogP contribution in [0.2, 0.25) is 0 Å². The zero-order chi connectivity index (χ0) is 16.5. The van der Waals surface area contributed by atoms with Gasteiger partial charge in [0.25, 0.3) is 0 Å². The topological polar surface area (TPSA) is 49.8 Å². The van der Waals surface area contributed by atoms with Crippen LogP contribution in [0.5, 0.6) is 0 Å². The molecule has 1 saturated heterocycles. The van der Waals surface area contributed by atoms with Crippen LogP contribution in [-0.4, -0.2) is 41.8 Å². The Kier molecular flexibility index (Phi) is 4.72. The summed E-state index contributed by atoms with van der Waals surface area (Å²) >= 11 is 0. The second kappa shape index (κ2) is 6.21. The van der Waals surface area contributed by atoms with Crippen LogP contribution in [0.15, 0.2) is 18.2 Å². The highest BCUT2D eigenvalue weighted by molar-refractivity contribution is 5.76. The van der Waals surface area contributed by atoms with E-state index in [9.17, 15) is 27.5 Å². The molecule has 122 valence electrons. The first-order chi connectivity index (χ1) is 10.2. The number of esters is 1. The van der Waals surface area contributed by atoms with Gasteiger partial charge in [-0.15, -0.1) is 0 Å². The number of benzene rings is 1. The number of ether oxygens (including phenoxy) is 1. The number of nitrogens with zero attached hydrogens (tertiary/aromatic N) is 1. The molecule has 1 aromatic carbocycles. The second-order valence-electron chi connectivity index (χ2n) is 5.16. The van der Waals surface area contributed by atoms with Crippen LogP contribution in [0.4, 0.5) is 17.6 Å². The third kappa shape index (κ3) is 3.56. The van der Waals surface area contributed by atoms with Gasteiger partial charge in [-0.1, -0.05) is 6.07 Å². The van der Waals surface area contributed by atoms with Gasteiger partial charge in [0, 0.05) is 19.5 Å². The summed E-state index contributed by atoms with van der Waals surface area (Å²) in [5, 5.41) is 9.63. The SMILES string of the molecule is COC(=O)[C@H]1C[C@H](O)CN1Cc1ccc(F)cc1C(F)(F)F. The molecule has 1 heterocycles. The van der Waals surface area contributed by atoms with Crippen molar-refractivity contribution in [1.82, 2.24) is 4.90 Å². The van der Waals surface area contributed by atoms with Crippen molar-refractivity contribution in [3.05, 3.63) is 35.1 Å². The predicted molar refractivity (Wildman–Crippen MR) is 68.2 cm³/mol. The van der Waals surface area contributed by atoms with Crippen molar-refractivity contribution < 1.29 is 32.2 Å². The summed E-state index contributed by atoms with van der Waals surface area (Å²) in [6.07, 6.45) is -5.43. The first-order valence-corrected chi connectivity index (χ1v) is 6.58. The number of methoxy groups -OCH3 is 1. The van der Waals surface area contributed by atoms with E-state index in [0.717, 1.165) is 12.1 Å². The third-order valence-corrected chi connectivity index (χ3v) is 3.61. The van der Waals surface area contributed by atoms with Gasteiger partial charge in [0.15, 0.2) is 0 Å². The zero-order valence-electron chi connectivity index (χ0n) is 11.7. The number of aliphatic hydroxyl groups excluding tert-OH is 1. The summed E-state index contributed by atoms with van der Waals surface area (Å²) in [4.78, 5) is 13.0. The molecule has 0 amide bonds. The molecule has 1 N–H and O–H groups in total. The average molecular weight is 321 g/mol. The van der Waals surface area contributed by atoms with Gasteiger partial charge >= 0.3 is 12.1 Å². The van der Waals surface area contributed by atoms with Crippen LogP contribution >= 0.6 is 0 Å². The number of alkyl halides is 3. The molecule has 0 unspecified atom stereocenters. The van der Waals surface area contributed by atoms with Crippen molar-refractivity contribution in [3.63, 3.8) is 0 Å². The van der Waals surface area contributed by atoms with Gasteiger partial charge in [-0.05, 0) is 17.7 Å². The summed E-state index contributed by atoms with van der Waals surface area (Å²) in [5.41, 5.74) is -1.24. The summed E-state index contributed by atoms with van der Waals surface area (Å²) in [7, 11) is 1.17. The maximum absolute atomic E-state index is 13.1. The molecule has 0 radical (unpaired) electrons. The Hall–Kier alpha value is -1.67. The van der Waals surface area contributed by atoms with E-state index in [1.54, 1.807) is 0 Å². The average Bonchev–Trinajstić information content (AvgIpc) is 2.79. The van der Waals surface area contributed by atoms with Gasteiger partial charge in [0.1, 0.15) is 11.9 Å². The highest BCUT2D eigenvalue weighted by Crippen LogP contribution is 2.34. The number of likely N-dealkylation sites (tertiary alicyclic amines) is 1. The van der Waals surface area contributed by atoms with Crippen LogP contribution in [0.25, 0.3) is 0 Å². The Morgan fingerprint density at radius 2 is 2.14 bits per heavy atom. The van der Waals surface area contributed by atoms with Crippen molar-refractivity contribution in [2.75, 3.05) is 13.7 Å². The van der Waals surface area contributed by atoms with Crippen LogP contribution in [0.1, 0.15) is 17.5 Å². The number of carbonyl (C=O) groups is 1. The van der Waals surface area contributed by atoms with E-state index >= 15 is 0 Å². The Bertz CT molecular complexity index is 562. The van der Waals surface area contributed by atoms with Gasteiger partial charge in [-0.25, -0.2) is 4.39 Å². The summed E-state index contributed by atoms with van der Waals surface area (Å²) in [6.45, 7) is -0.180. The minimum atomic E-state index is -4.70. The first kappa shape index (κ1) is 16.7. The van der Waals surface area contributed by atoms with Crippen LogP contribution in [-0.2, 0) is 22.3 Å². The summed E-state index contributed by atoms with van der Waals surface area (Å²) < 4.78 is 56.6. The Labute approximate surface area is 124 Å². The maximum Gasteiger partial charge on any atom is 0.416 e. The van der Waals surface area contributed by atoms with Crippen molar-refractivity contribution in [2.45, 2.75) is 31.3 Å². The quantitative estimate of drug-likeness (QED) is 0.683. The Balaban J connectivity index is 2.28. The monoisotopic (exact) mass is 321 g/mol. The number of rotatable bonds is 3. The minimum absolute atomic E-state index is 0.0500. The molecule has 4 nitrogen and oxygen atoms in total. The highest BCUT2D eigenvalue weighted by atomic mass is 19.4. The summed E-state index contributed by atoms with van der Waals surface area (Å²) in [5.74, 6) is -1.60. The number of hydrogen-bond acceptors (Lipinski definition) is 4. The lowest BCUT2D eigenvalue weighted by Crippen LogP contribution is -2.36. The van der Waals surface area contributed by atoms with E-state index in [0.29, 0.717) is 6.07 Å². The zero-order valence-corrected chi connectivity index (χ0v) is 11.7. The second-order valence-corrected chi connectivity index (χ2v) is 5.16. The largest absolute Gasteiger partial charge is 0.468 e. The number of carbonyl (C=O) groups excluding carboxylic acids is 1. The molecule has 2 atom stereocenters. The lowest BCUT2D eigenvalue weighted by Gasteiger charge is -2.23. The van der Waals surface area contributed by atoms with E-state index in [4.69, 9.17) is 0 Å².